The van der Waals surface area contributed by atoms with E-state index in [1.807, 2.05) is 23.4 Å². The van der Waals surface area contributed by atoms with Crippen molar-refractivity contribution in [3.63, 3.8) is 0 Å². The summed E-state index contributed by atoms with van der Waals surface area (Å²) in [6.45, 7) is 9.83. The van der Waals surface area contributed by atoms with Gasteiger partial charge in [-0.3, -0.25) is 9.48 Å². The van der Waals surface area contributed by atoms with Gasteiger partial charge in [0.15, 0.2) is 0 Å². The van der Waals surface area contributed by atoms with Gasteiger partial charge >= 0.3 is 0 Å². The zero-order valence-electron chi connectivity index (χ0n) is 16.9. The second kappa shape index (κ2) is 8.28. The lowest BCUT2D eigenvalue weighted by Gasteiger charge is -2.27. The van der Waals surface area contributed by atoms with E-state index in [4.69, 9.17) is 32.8 Å². The van der Waals surface area contributed by atoms with E-state index in [2.05, 4.69) is 11.7 Å². The standard InChI is InChI=1S/C20H16Cl2N4O2.C2H6/c1-11-6-13-10-28-24-18(13)19-14-9-25(5-4-17(14)23-26(19)8-11)20(27)12-2-3-15(21)16(22)7-12;1-2/h2-3,7,10H,1,4-6,8-9H2;1-2H3. The lowest BCUT2D eigenvalue weighted by molar-refractivity contribution is 0.0734. The molecule has 0 fully saturated rings. The van der Waals surface area contributed by atoms with Crippen LogP contribution in [0.5, 0.6) is 0 Å². The molecule has 0 aliphatic carbocycles. The van der Waals surface area contributed by atoms with Crippen molar-refractivity contribution in [3.05, 3.63) is 69.0 Å². The average Bonchev–Trinajstić information content (AvgIpc) is 3.30. The number of allylic oxidation sites excluding steroid dienone is 1. The predicted molar refractivity (Wildman–Crippen MR) is 117 cm³/mol. The number of fused-ring (bicyclic) bond motifs is 5. The van der Waals surface area contributed by atoms with E-state index in [0.717, 1.165) is 33.8 Å². The highest BCUT2D eigenvalue weighted by Gasteiger charge is 2.32. The molecule has 5 rings (SSSR count). The second-order valence-electron chi connectivity index (χ2n) is 7.15. The van der Waals surface area contributed by atoms with Crippen LogP contribution in [0.1, 0.15) is 41.0 Å². The molecular weight excluding hydrogens is 423 g/mol. The minimum atomic E-state index is -0.0809. The molecule has 4 heterocycles. The largest absolute Gasteiger partial charge is 0.364 e. The number of rotatable bonds is 1. The predicted octanol–water partition coefficient (Wildman–Crippen LogP) is 5.18. The first-order valence-electron chi connectivity index (χ1n) is 9.94. The summed E-state index contributed by atoms with van der Waals surface area (Å²) in [6.07, 6.45) is 3.06. The number of benzene rings is 1. The summed E-state index contributed by atoms with van der Waals surface area (Å²) in [5.41, 5.74) is 6.29. The molecule has 2 aliphatic heterocycles. The zero-order chi connectivity index (χ0) is 21.4. The molecule has 0 spiro atoms. The molecule has 2 aliphatic rings. The third kappa shape index (κ3) is 3.55. The first kappa shape index (κ1) is 20.7. The summed E-state index contributed by atoms with van der Waals surface area (Å²) >= 11 is 12.1. The van der Waals surface area contributed by atoms with E-state index in [1.54, 1.807) is 24.5 Å². The molecule has 0 radical (unpaired) electrons. The van der Waals surface area contributed by atoms with Crippen molar-refractivity contribution in [1.29, 1.82) is 0 Å². The summed E-state index contributed by atoms with van der Waals surface area (Å²) in [4.78, 5) is 14.8. The Morgan fingerprint density at radius 1 is 1.20 bits per heavy atom. The number of hydrogen-bond donors (Lipinski definition) is 0. The van der Waals surface area contributed by atoms with Crippen LogP contribution in [0.4, 0.5) is 0 Å². The molecular formula is C22H22Cl2N4O2. The number of amides is 1. The number of carbonyl (C=O) groups is 1. The van der Waals surface area contributed by atoms with Crippen LogP contribution >= 0.6 is 23.2 Å². The van der Waals surface area contributed by atoms with Crippen LogP contribution in [0.25, 0.3) is 11.4 Å². The van der Waals surface area contributed by atoms with Gasteiger partial charge in [-0.25, -0.2) is 0 Å². The van der Waals surface area contributed by atoms with E-state index in [0.29, 0.717) is 48.1 Å². The second-order valence-corrected chi connectivity index (χ2v) is 7.97. The van der Waals surface area contributed by atoms with Gasteiger partial charge < -0.3 is 9.42 Å². The molecule has 6 nitrogen and oxygen atoms in total. The third-order valence-corrected chi connectivity index (χ3v) is 5.98. The average molecular weight is 445 g/mol. The van der Waals surface area contributed by atoms with Crippen molar-refractivity contribution >= 4 is 29.1 Å². The molecule has 8 heteroatoms. The Hall–Kier alpha value is -2.57. The van der Waals surface area contributed by atoms with Crippen LogP contribution in [-0.4, -0.2) is 32.3 Å². The monoisotopic (exact) mass is 444 g/mol. The van der Waals surface area contributed by atoms with Gasteiger partial charge in [0.05, 0.1) is 34.5 Å². The molecule has 0 saturated heterocycles. The molecule has 0 atom stereocenters. The molecule has 1 amide bonds. The molecule has 0 N–H and O–H groups in total. The van der Waals surface area contributed by atoms with Gasteiger partial charge in [0.25, 0.3) is 5.91 Å². The Kier molecular flexibility index (Phi) is 5.71. The van der Waals surface area contributed by atoms with Crippen LogP contribution in [0.2, 0.25) is 10.0 Å². The Balaban J connectivity index is 0.00000106. The van der Waals surface area contributed by atoms with Crippen LogP contribution in [-0.2, 0) is 25.9 Å². The van der Waals surface area contributed by atoms with Crippen LogP contribution in [0, 0.1) is 0 Å². The van der Waals surface area contributed by atoms with Gasteiger partial charge in [-0.05, 0) is 18.2 Å². The smallest absolute Gasteiger partial charge is 0.254 e. The summed E-state index contributed by atoms with van der Waals surface area (Å²) in [6, 6.07) is 4.95. The van der Waals surface area contributed by atoms with Crippen molar-refractivity contribution in [2.45, 2.75) is 39.8 Å². The summed E-state index contributed by atoms with van der Waals surface area (Å²) in [5.74, 6) is -0.0809. The summed E-state index contributed by atoms with van der Waals surface area (Å²) in [5, 5.41) is 9.78. The first-order chi connectivity index (χ1) is 14.5. The highest BCUT2D eigenvalue weighted by atomic mass is 35.5. The fourth-order valence-electron chi connectivity index (χ4n) is 3.91. The summed E-state index contributed by atoms with van der Waals surface area (Å²) < 4.78 is 7.16. The Morgan fingerprint density at radius 3 is 2.77 bits per heavy atom. The lowest BCUT2D eigenvalue weighted by Crippen LogP contribution is -2.36. The van der Waals surface area contributed by atoms with E-state index < -0.39 is 0 Å². The Labute approximate surface area is 185 Å². The van der Waals surface area contributed by atoms with Crippen LogP contribution < -0.4 is 0 Å². The van der Waals surface area contributed by atoms with Gasteiger partial charge in [0.1, 0.15) is 12.0 Å². The molecule has 0 bridgehead atoms. The van der Waals surface area contributed by atoms with E-state index in [-0.39, 0.29) is 5.91 Å². The van der Waals surface area contributed by atoms with Crippen molar-refractivity contribution in [1.82, 2.24) is 19.8 Å². The van der Waals surface area contributed by atoms with Crippen LogP contribution in [0.15, 0.2) is 41.1 Å². The molecule has 3 aromatic rings. The Morgan fingerprint density at radius 2 is 2.00 bits per heavy atom. The van der Waals surface area contributed by atoms with Crippen LogP contribution in [0.3, 0.4) is 0 Å². The molecule has 0 saturated carbocycles. The van der Waals surface area contributed by atoms with Gasteiger partial charge in [-0.2, -0.15) is 5.10 Å². The van der Waals surface area contributed by atoms with Crippen molar-refractivity contribution in [2.75, 3.05) is 6.54 Å². The molecule has 30 heavy (non-hydrogen) atoms. The van der Waals surface area contributed by atoms with Gasteiger partial charge in [0.2, 0.25) is 0 Å². The maximum Gasteiger partial charge on any atom is 0.254 e. The quantitative estimate of drug-likeness (QED) is 0.484. The fraction of sp³-hybridized carbons (Fsp3) is 0.318. The topological polar surface area (TPSA) is 64.2 Å². The maximum atomic E-state index is 13.0. The number of halogens is 2. The third-order valence-electron chi connectivity index (χ3n) is 5.24. The minimum absolute atomic E-state index is 0.0809. The van der Waals surface area contributed by atoms with E-state index in [1.165, 1.54) is 0 Å². The molecule has 156 valence electrons. The maximum absolute atomic E-state index is 13.0. The van der Waals surface area contributed by atoms with Crippen molar-refractivity contribution in [2.24, 2.45) is 0 Å². The Bertz CT molecular complexity index is 1130. The summed E-state index contributed by atoms with van der Waals surface area (Å²) in [7, 11) is 0. The first-order valence-corrected chi connectivity index (χ1v) is 10.7. The molecule has 0 unspecified atom stereocenters. The number of carbonyl (C=O) groups excluding carboxylic acids is 1. The van der Waals surface area contributed by atoms with E-state index in [9.17, 15) is 4.79 Å². The number of aromatic nitrogens is 3. The minimum Gasteiger partial charge on any atom is -0.364 e. The normalized spacial score (nSPS) is 14.8. The zero-order valence-corrected chi connectivity index (χ0v) is 18.4. The van der Waals surface area contributed by atoms with Gasteiger partial charge in [0, 0.05) is 36.1 Å². The van der Waals surface area contributed by atoms with Crippen molar-refractivity contribution in [3.8, 4) is 11.4 Å². The molecule has 1 aromatic carbocycles. The number of hydrogen-bond acceptors (Lipinski definition) is 4. The van der Waals surface area contributed by atoms with Gasteiger partial charge in [-0.1, -0.05) is 54.4 Å². The highest BCUT2D eigenvalue weighted by Crippen LogP contribution is 2.36. The highest BCUT2D eigenvalue weighted by molar-refractivity contribution is 6.42. The van der Waals surface area contributed by atoms with Gasteiger partial charge in [-0.15, -0.1) is 0 Å². The lowest BCUT2D eigenvalue weighted by atomic mass is 10.0. The number of nitrogens with zero attached hydrogens (tertiary/aromatic N) is 4. The van der Waals surface area contributed by atoms with Crippen molar-refractivity contribution < 1.29 is 9.32 Å². The van der Waals surface area contributed by atoms with E-state index >= 15 is 0 Å². The fourth-order valence-corrected chi connectivity index (χ4v) is 4.20. The SMILES string of the molecule is C=C1Cc2conc2-c2c3c(nn2C1)CCN(C(=O)c1ccc(Cl)c(Cl)c1)C3.CC. The molecule has 2 aromatic heterocycles.